The summed E-state index contributed by atoms with van der Waals surface area (Å²) in [4.78, 5) is 11.6. The Kier molecular flexibility index (Phi) is 3.22. The SMILES string of the molecule is CCOC(=O)C1CNc2cc(C)cc(C)c2O1. The normalized spacial score (nSPS) is 17.7. The van der Waals surface area contributed by atoms with Crippen LogP contribution in [0.15, 0.2) is 12.1 Å². The zero-order valence-electron chi connectivity index (χ0n) is 10.4. The summed E-state index contributed by atoms with van der Waals surface area (Å²) in [7, 11) is 0. The lowest BCUT2D eigenvalue weighted by molar-refractivity contribution is -0.150. The van der Waals surface area contributed by atoms with Crippen LogP contribution in [-0.2, 0) is 9.53 Å². The molecule has 1 aliphatic heterocycles. The standard InChI is InChI=1S/C13H17NO3/c1-4-16-13(15)11-7-14-10-6-8(2)5-9(3)12(10)17-11/h5-6,11,14H,4,7H2,1-3H3. The van der Waals surface area contributed by atoms with Crippen LogP contribution >= 0.6 is 0 Å². The van der Waals surface area contributed by atoms with E-state index in [4.69, 9.17) is 9.47 Å². The van der Waals surface area contributed by atoms with Crippen LogP contribution in [0.1, 0.15) is 18.1 Å². The third-order valence-corrected chi connectivity index (χ3v) is 2.71. The van der Waals surface area contributed by atoms with Gasteiger partial charge in [0.2, 0.25) is 6.10 Å². The Morgan fingerprint density at radius 1 is 1.53 bits per heavy atom. The second kappa shape index (κ2) is 4.65. The number of aryl methyl sites for hydroxylation is 2. The van der Waals surface area contributed by atoms with Crippen LogP contribution in [0.25, 0.3) is 0 Å². The first kappa shape index (κ1) is 11.8. The topological polar surface area (TPSA) is 47.6 Å². The number of carbonyl (C=O) groups excluding carboxylic acids is 1. The minimum Gasteiger partial charge on any atom is -0.474 e. The van der Waals surface area contributed by atoms with E-state index in [2.05, 4.69) is 5.32 Å². The number of rotatable bonds is 2. The molecule has 17 heavy (non-hydrogen) atoms. The monoisotopic (exact) mass is 235 g/mol. The lowest BCUT2D eigenvalue weighted by Crippen LogP contribution is -2.39. The molecule has 0 fully saturated rings. The van der Waals surface area contributed by atoms with Crippen molar-refractivity contribution in [1.29, 1.82) is 0 Å². The fourth-order valence-corrected chi connectivity index (χ4v) is 2.00. The zero-order valence-corrected chi connectivity index (χ0v) is 10.4. The first-order valence-corrected chi connectivity index (χ1v) is 5.80. The molecule has 4 heteroatoms. The molecule has 0 spiro atoms. The number of anilines is 1. The Hall–Kier alpha value is -1.71. The van der Waals surface area contributed by atoms with Gasteiger partial charge in [0.15, 0.2) is 0 Å². The van der Waals surface area contributed by atoms with Gasteiger partial charge in [-0.3, -0.25) is 0 Å². The van der Waals surface area contributed by atoms with E-state index >= 15 is 0 Å². The highest BCUT2D eigenvalue weighted by Crippen LogP contribution is 2.33. The second-order valence-electron chi connectivity index (χ2n) is 4.20. The Balaban J connectivity index is 2.21. The van der Waals surface area contributed by atoms with Crippen molar-refractivity contribution in [2.45, 2.75) is 26.9 Å². The minimum absolute atomic E-state index is 0.314. The number of nitrogens with one attached hydrogen (secondary N) is 1. The number of fused-ring (bicyclic) bond motifs is 1. The Labute approximate surface area is 101 Å². The van der Waals surface area contributed by atoms with Crippen LogP contribution in [0.2, 0.25) is 0 Å². The van der Waals surface area contributed by atoms with Gasteiger partial charge in [0.25, 0.3) is 0 Å². The van der Waals surface area contributed by atoms with Gasteiger partial charge in [0.05, 0.1) is 18.8 Å². The van der Waals surface area contributed by atoms with E-state index < -0.39 is 6.10 Å². The molecule has 1 aliphatic rings. The predicted octanol–water partition coefficient (Wildman–Crippen LogP) is 2.04. The Bertz CT molecular complexity index is 443. The van der Waals surface area contributed by atoms with E-state index in [9.17, 15) is 4.79 Å². The van der Waals surface area contributed by atoms with Gasteiger partial charge >= 0.3 is 5.97 Å². The van der Waals surface area contributed by atoms with Gasteiger partial charge in [0, 0.05) is 0 Å². The number of benzene rings is 1. The van der Waals surface area contributed by atoms with Gasteiger partial charge in [-0.1, -0.05) is 6.07 Å². The summed E-state index contributed by atoms with van der Waals surface area (Å²) in [5.74, 6) is 0.436. The van der Waals surface area contributed by atoms with Crippen molar-refractivity contribution in [3.8, 4) is 5.75 Å². The fourth-order valence-electron chi connectivity index (χ4n) is 2.00. The third kappa shape index (κ3) is 2.35. The molecule has 0 bridgehead atoms. The van der Waals surface area contributed by atoms with Crippen LogP contribution in [-0.4, -0.2) is 25.2 Å². The summed E-state index contributed by atoms with van der Waals surface area (Å²) >= 11 is 0. The molecular weight excluding hydrogens is 218 g/mol. The van der Waals surface area contributed by atoms with Gasteiger partial charge in [-0.15, -0.1) is 0 Å². The van der Waals surface area contributed by atoms with Crippen molar-refractivity contribution < 1.29 is 14.3 Å². The molecule has 4 nitrogen and oxygen atoms in total. The van der Waals surface area contributed by atoms with Crippen LogP contribution in [0.5, 0.6) is 5.75 Å². The van der Waals surface area contributed by atoms with Crippen molar-refractivity contribution in [3.05, 3.63) is 23.3 Å². The van der Waals surface area contributed by atoms with Gasteiger partial charge < -0.3 is 14.8 Å². The van der Waals surface area contributed by atoms with Crippen molar-refractivity contribution in [1.82, 2.24) is 0 Å². The first-order valence-electron chi connectivity index (χ1n) is 5.80. The van der Waals surface area contributed by atoms with Crippen molar-refractivity contribution in [2.75, 3.05) is 18.5 Å². The second-order valence-corrected chi connectivity index (χ2v) is 4.20. The maximum atomic E-state index is 11.6. The molecule has 0 radical (unpaired) electrons. The molecule has 1 atom stereocenters. The van der Waals surface area contributed by atoms with E-state index in [0.29, 0.717) is 13.2 Å². The molecule has 1 heterocycles. The molecule has 2 rings (SSSR count). The van der Waals surface area contributed by atoms with Gasteiger partial charge in [-0.2, -0.15) is 0 Å². The summed E-state index contributed by atoms with van der Waals surface area (Å²) in [6.07, 6.45) is -0.552. The number of esters is 1. The Morgan fingerprint density at radius 2 is 2.29 bits per heavy atom. The van der Waals surface area contributed by atoms with Gasteiger partial charge in [0.1, 0.15) is 5.75 Å². The van der Waals surface area contributed by atoms with Gasteiger partial charge in [-0.05, 0) is 38.0 Å². The van der Waals surface area contributed by atoms with Crippen molar-refractivity contribution in [2.24, 2.45) is 0 Å². The van der Waals surface area contributed by atoms with Crippen molar-refractivity contribution in [3.63, 3.8) is 0 Å². The van der Waals surface area contributed by atoms with E-state index in [1.54, 1.807) is 6.92 Å². The summed E-state index contributed by atoms with van der Waals surface area (Å²) in [6, 6.07) is 4.05. The molecule has 1 unspecified atom stereocenters. The molecule has 1 aromatic carbocycles. The van der Waals surface area contributed by atoms with E-state index in [1.165, 1.54) is 5.56 Å². The molecule has 1 aromatic rings. The van der Waals surface area contributed by atoms with E-state index in [0.717, 1.165) is 17.0 Å². The lowest BCUT2D eigenvalue weighted by Gasteiger charge is -2.27. The predicted molar refractivity (Wildman–Crippen MR) is 65.5 cm³/mol. The summed E-state index contributed by atoms with van der Waals surface area (Å²) in [5.41, 5.74) is 3.15. The summed E-state index contributed by atoms with van der Waals surface area (Å²) < 4.78 is 10.7. The van der Waals surface area contributed by atoms with E-state index in [-0.39, 0.29) is 5.97 Å². The van der Waals surface area contributed by atoms with Crippen LogP contribution in [0.3, 0.4) is 0 Å². The number of hydrogen-bond acceptors (Lipinski definition) is 4. The van der Waals surface area contributed by atoms with Crippen molar-refractivity contribution >= 4 is 11.7 Å². The molecule has 0 aliphatic carbocycles. The quantitative estimate of drug-likeness (QED) is 0.797. The highest BCUT2D eigenvalue weighted by Gasteiger charge is 2.27. The number of carbonyl (C=O) groups is 1. The fraction of sp³-hybridized carbons (Fsp3) is 0.462. The third-order valence-electron chi connectivity index (χ3n) is 2.71. The molecule has 0 aromatic heterocycles. The molecule has 0 saturated carbocycles. The molecule has 92 valence electrons. The zero-order chi connectivity index (χ0) is 12.4. The van der Waals surface area contributed by atoms with Crippen LogP contribution in [0.4, 0.5) is 5.69 Å². The van der Waals surface area contributed by atoms with Crippen LogP contribution in [0, 0.1) is 13.8 Å². The maximum absolute atomic E-state index is 11.6. The lowest BCUT2D eigenvalue weighted by atomic mass is 10.1. The minimum atomic E-state index is -0.552. The maximum Gasteiger partial charge on any atom is 0.349 e. The molecule has 0 saturated heterocycles. The summed E-state index contributed by atoms with van der Waals surface area (Å²) in [6.45, 7) is 6.62. The van der Waals surface area contributed by atoms with Gasteiger partial charge in [-0.25, -0.2) is 4.79 Å². The summed E-state index contributed by atoms with van der Waals surface area (Å²) in [5, 5.41) is 3.21. The molecule has 1 N–H and O–H groups in total. The van der Waals surface area contributed by atoms with E-state index in [1.807, 2.05) is 26.0 Å². The Morgan fingerprint density at radius 3 is 3.00 bits per heavy atom. The smallest absolute Gasteiger partial charge is 0.349 e. The average molecular weight is 235 g/mol. The number of hydrogen-bond donors (Lipinski definition) is 1. The van der Waals surface area contributed by atoms with Crippen LogP contribution < -0.4 is 10.1 Å². The number of ether oxygens (including phenoxy) is 2. The molecular formula is C13H17NO3. The highest BCUT2D eigenvalue weighted by molar-refractivity contribution is 5.78. The highest BCUT2D eigenvalue weighted by atomic mass is 16.6. The largest absolute Gasteiger partial charge is 0.474 e. The first-order chi connectivity index (χ1) is 8.11. The average Bonchev–Trinajstić information content (AvgIpc) is 2.28. The molecule has 0 amide bonds.